The average molecular weight is 1660 g/mol. The van der Waals surface area contributed by atoms with Gasteiger partial charge in [0.25, 0.3) is 5.65 Å². The third kappa shape index (κ3) is 5.94. The van der Waals surface area contributed by atoms with Crippen LogP contribution in [0.3, 0.4) is 0 Å². The largest absolute Gasteiger partial charge is 0.456 e. The number of furan rings is 3. The van der Waals surface area contributed by atoms with Gasteiger partial charge < -0.3 is 27.5 Å². The van der Waals surface area contributed by atoms with Gasteiger partial charge in [-0.1, -0.05) is 91.0 Å². The second-order valence-electron chi connectivity index (χ2n) is 35.8. The molecule has 3 spiro atoms. The maximum Gasteiger partial charge on any atom is 0.344 e. The van der Waals surface area contributed by atoms with Crippen molar-refractivity contribution in [2.45, 2.75) is 17.0 Å². The summed E-state index contributed by atoms with van der Waals surface area (Å²) in [6, 6.07) is 93.5. The molecule has 18 aromatic heterocycles. The van der Waals surface area contributed by atoms with E-state index >= 15 is 0 Å². The zero-order valence-corrected chi connectivity index (χ0v) is 67.0. The number of rotatable bonds is 0. The average Bonchev–Trinajstić information content (AvgIpc) is 1.46. The SMILES string of the molecule is c1ccc2c(c1)c1ccc3c4c1c1n2c2ccccc2[n+]1C41c2c(ccc4c5cccnc5n5c6occc6[n+]1c5c24)O3.c1ccc2c(c1)c1ccc3c4c1c1n2c2ccccc2[n+]1C41c2c(ccc4c5ncccc5n5c6occc6[n+]1c5c24)O3.c1ccc2c(c1)c1ccc3c4c1c1n2c2ccccc2[n+]1C41c2c(ccc4c5nccnc5n5c6occc6[n+]1c5c24)O3. The molecule has 0 saturated heterocycles. The minimum atomic E-state index is -0.757. The molecule has 0 radical (unpaired) electrons. The molecule has 22 heteroatoms. The number of ether oxygens (including phenoxy) is 3. The third-order valence-corrected chi connectivity index (χ3v) is 30.9. The zero-order chi connectivity index (χ0) is 82.0. The van der Waals surface area contributed by atoms with Gasteiger partial charge in [-0.15, -0.1) is 8.80 Å². The molecule has 0 N–H and O–H groups in total. The Balaban J connectivity index is 0.0000000833. The summed E-state index contributed by atoms with van der Waals surface area (Å²) in [6.45, 7) is 0. The number of nitrogens with zero attached hydrogens (tertiary/aromatic N) is 16. The molecule has 0 aliphatic carbocycles. The molecule has 0 fully saturated rings. The number of hydrogen-bond acceptors (Lipinski definition) is 10. The fourth-order valence-corrected chi connectivity index (χ4v) is 27.1. The summed E-state index contributed by atoms with van der Waals surface area (Å²) in [5, 5.41) is 18.9. The van der Waals surface area contributed by atoms with Crippen molar-refractivity contribution in [3.63, 3.8) is 0 Å². The van der Waals surface area contributed by atoms with E-state index in [1.165, 1.54) is 131 Å². The lowest BCUT2D eigenvalue weighted by molar-refractivity contribution is -0.924. The Morgan fingerprint density at radius 2 is 0.504 bits per heavy atom. The molecule has 12 aromatic carbocycles. The first kappa shape index (κ1) is 62.2. The molecule has 22 nitrogen and oxygen atoms in total. The number of imidazole rings is 6. The van der Waals surface area contributed by atoms with Gasteiger partial charge in [-0.2, -0.15) is 45.0 Å². The summed E-state index contributed by atoms with van der Waals surface area (Å²) in [7, 11) is 0. The van der Waals surface area contributed by atoms with E-state index in [4.69, 9.17) is 47.4 Å². The monoisotopic (exact) mass is 1650 g/mol. The topological polar surface area (TPSA) is 168 Å². The Morgan fingerprint density at radius 1 is 0.209 bits per heavy atom. The van der Waals surface area contributed by atoms with E-state index in [9.17, 15) is 0 Å². The van der Waals surface area contributed by atoms with Crippen LogP contribution in [0.2, 0.25) is 0 Å². The van der Waals surface area contributed by atoms with Crippen LogP contribution >= 0.6 is 0 Å². The number of hydrogen-bond donors (Lipinski definition) is 0. The summed E-state index contributed by atoms with van der Waals surface area (Å²) in [4.78, 5) is 19.6. The van der Waals surface area contributed by atoms with Gasteiger partial charge in [-0.05, 0) is 152 Å². The molecule has 588 valence electrons. The molecular formula is C107H50N16O6+6. The van der Waals surface area contributed by atoms with Gasteiger partial charge >= 0.3 is 68.0 Å². The van der Waals surface area contributed by atoms with Crippen molar-refractivity contribution in [2.75, 3.05) is 0 Å². The normalized spacial score (nSPS) is 17.6. The van der Waals surface area contributed by atoms with Gasteiger partial charge in [0.2, 0.25) is 22.2 Å². The molecule has 0 saturated carbocycles. The lowest BCUT2D eigenvalue weighted by atomic mass is 9.85. The Bertz CT molecular complexity index is 10200. The second kappa shape index (κ2) is 19.7. The number of benzene rings is 12. The van der Waals surface area contributed by atoms with Crippen LogP contribution in [0.4, 0.5) is 0 Å². The molecular weight excluding hydrogens is 1610 g/mol. The molecule has 30 aromatic rings. The smallest absolute Gasteiger partial charge is 0.344 e. The molecule has 9 aliphatic heterocycles. The number of aromatic nitrogens is 16. The molecule has 27 heterocycles. The van der Waals surface area contributed by atoms with Gasteiger partial charge in [0.15, 0.2) is 38.6 Å². The van der Waals surface area contributed by atoms with E-state index in [1.807, 2.05) is 30.8 Å². The van der Waals surface area contributed by atoms with Gasteiger partial charge in [0, 0.05) is 91.5 Å². The molecule has 0 amide bonds. The first-order valence-electron chi connectivity index (χ1n) is 43.6. The molecule has 3 atom stereocenters. The van der Waals surface area contributed by atoms with E-state index < -0.39 is 17.0 Å². The summed E-state index contributed by atoms with van der Waals surface area (Å²) in [5.74, 6) is 5.29. The first-order valence-corrected chi connectivity index (χ1v) is 43.6. The number of pyridine rings is 8. The summed E-state index contributed by atoms with van der Waals surface area (Å²) in [6.07, 6.45) is 12.7. The van der Waals surface area contributed by atoms with Crippen LogP contribution in [0, 0.1) is 0 Å². The predicted octanol–water partition coefficient (Wildman–Crippen LogP) is 19.5. The van der Waals surface area contributed by atoms with Crippen molar-refractivity contribution in [3.05, 3.63) is 338 Å². The highest BCUT2D eigenvalue weighted by Gasteiger charge is 2.72. The Hall–Kier alpha value is -17.9. The van der Waals surface area contributed by atoms with Crippen LogP contribution in [-0.4, -0.2) is 46.3 Å². The lowest BCUT2D eigenvalue weighted by Gasteiger charge is -2.30. The van der Waals surface area contributed by atoms with Crippen LogP contribution in [0.5, 0.6) is 34.5 Å². The molecule has 129 heavy (non-hydrogen) atoms. The number of fused-ring (bicyclic) bond motifs is 36. The highest BCUT2D eigenvalue weighted by Crippen LogP contribution is 2.64. The highest BCUT2D eigenvalue weighted by atomic mass is 16.5. The maximum atomic E-state index is 6.89. The predicted molar refractivity (Wildman–Crippen MR) is 484 cm³/mol. The molecule has 0 bridgehead atoms. The van der Waals surface area contributed by atoms with E-state index in [1.54, 1.807) is 24.9 Å². The van der Waals surface area contributed by atoms with Crippen molar-refractivity contribution in [2.24, 2.45) is 0 Å². The van der Waals surface area contributed by atoms with Crippen molar-refractivity contribution >= 4 is 231 Å². The standard InChI is InChI=1S/2C36H17N5O2.C35H16N6O2/c1-2-8-22-18(6-1)19-11-13-26-30-28(19)33-38(22)23-9-3-4-10-24(23)40(33)36(30)31-27(43-26)14-12-20-21-7-5-16-37-32(21)39-34(29(20)31)41(36)25-15-17-42-35(25)39;1-2-7-21-18(6-1)19-11-13-26-30-28(19)33-38(21)22-8-3-4-9-23(22)40(33)36(30)31-27(43-26)14-12-20-29(31)34-39(24-10-5-16-37-32(20)24)35-25(41(34)36)15-17-42-35;1-2-6-20-17(5-1)18-9-11-24-28-26(18)32-38(20)21-7-3-4-8-22(21)40(32)35(28)29-25(43-24)12-10-19-27(29)33-39(31-30(19)36-14-15-37-31)34-23(41(33)35)13-16-42-34/h2*1-17H;1-16H/q3*+2. The fourth-order valence-electron chi connectivity index (χ4n) is 27.1. The van der Waals surface area contributed by atoms with Gasteiger partial charge in [-0.3, -0.25) is 4.98 Å². The first-order chi connectivity index (χ1) is 64.1. The van der Waals surface area contributed by atoms with Gasteiger partial charge in [0.05, 0.1) is 56.5 Å². The Morgan fingerprint density at radius 3 is 0.946 bits per heavy atom. The fraction of sp³-hybridized carbons (Fsp3) is 0.0280. The van der Waals surface area contributed by atoms with Crippen LogP contribution in [0.1, 0.15) is 33.4 Å². The molecule has 3 unspecified atom stereocenters. The van der Waals surface area contributed by atoms with Crippen LogP contribution < -0.4 is 41.6 Å². The molecule has 9 aliphatic rings. The van der Waals surface area contributed by atoms with E-state index in [2.05, 4.69) is 303 Å². The summed E-state index contributed by atoms with van der Waals surface area (Å²) in [5.41, 5.74) is 32.1. The Labute approximate surface area is 717 Å². The summed E-state index contributed by atoms with van der Waals surface area (Å²) < 4.78 is 68.8. The van der Waals surface area contributed by atoms with E-state index in [0.29, 0.717) is 0 Å². The van der Waals surface area contributed by atoms with Gasteiger partial charge in [-0.25, -0.2) is 15.0 Å². The third-order valence-electron chi connectivity index (χ3n) is 30.9. The van der Waals surface area contributed by atoms with Crippen molar-refractivity contribution in [1.82, 2.24) is 46.3 Å². The highest BCUT2D eigenvalue weighted by molar-refractivity contribution is 6.24. The van der Waals surface area contributed by atoms with E-state index in [-0.39, 0.29) is 0 Å². The van der Waals surface area contributed by atoms with Crippen LogP contribution in [0.25, 0.3) is 231 Å². The number of para-hydroxylation sites is 9. The summed E-state index contributed by atoms with van der Waals surface area (Å²) >= 11 is 0. The van der Waals surface area contributed by atoms with Crippen molar-refractivity contribution in [3.8, 4) is 34.5 Å². The zero-order valence-electron chi connectivity index (χ0n) is 67.0. The quantitative estimate of drug-likeness (QED) is 0.105. The van der Waals surface area contributed by atoms with Gasteiger partial charge in [0.1, 0.15) is 95.5 Å². The van der Waals surface area contributed by atoms with E-state index in [0.717, 1.165) is 168 Å². The Kier molecular flexibility index (Phi) is 9.49. The van der Waals surface area contributed by atoms with Crippen LogP contribution in [0.15, 0.2) is 318 Å². The van der Waals surface area contributed by atoms with Crippen molar-refractivity contribution < 1.29 is 54.9 Å². The second-order valence-corrected chi connectivity index (χ2v) is 35.8. The molecule has 39 rings (SSSR count). The minimum absolute atomic E-state index is 0.730. The van der Waals surface area contributed by atoms with Crippen LogP contribution in [-0.2, 0) is 17.0 Å². The lowest BCUT2D eigenvalue weighted by Crippen LogP contribution is -2.71. The minimum Gasteiger partial charge on any atom is -0.456 e. The van der Waals surface area contributed by atoms with Crippen molar-refractivity contribution in [1.29, 1.82) is 0 Å². The maximum absolute atomic E-state index is 6.89.